The molecule has 3 nitrogen and oxygen atoms in total. The van der Waals surface area contributed by atoms with Gasteiger partial charge in [0.25, 0.3) is 0 Å². The lowest BCUT2D eigenvalue weighted by Gasteiger charge is -2.29. The average Bonchev–Trinajstić information content (AvgIpc) is 3.50. The third kappa shape index (κ3) is 5.15. The Morgan fingerprint density at radius 3 is 1.72 bits per heavy atom. The summed E-state index contributed by atoms with van der Waals surface area (Å²) in [7, 11) is 0. The predicted molar refractivity (Wildman–Crippen MR) is 203 cm³/mol. The third-order valence-electron chi connectivity index (χ3n) is 10.2. The summed E-state index contributed by atoms with van der Waals surface area (Å²) < 4.78 is 2.29. The highest BCUT2D eigenvalue weighted by atomic mass is 16.1. The van der Waals surface area contributed by atoms with E-state index >= 15 is 0 Å². The van der Waals surface area contributed by atoms with Gasteiger partial charge in [-0.05, 0) is 83.0 Å². The van der Waals surface area contributed by atoms with Gasteiger partial charge in [0.1, 0.15) is 0 Å². The van der Waals surface area contributed by atoms with Crippen LogP contribution in [0.5, 0.6) is 0 Å². The molecule has 8 aromatic rings. The number of ketones is 2. The zero-order valence-corrected chi connectivity index (χ0v) is 27.4. The molecule has 3 heteroatoms. The number of carbonyl (C=O) groups excluding carboxylic acids is 2. The number of carbonyl (C=O) groups is 2. The van der Waals surface area contributed by atoms with Gasteiger partial charge in [-0.3, -0.25) is 9.59 Å². The summed E-state index contributed by atoms with van der Waals surface area (Å²) in [6.45, 7) is 0. The molecule has 0 N–H and O–H groups in total. The van der Waals surface area contributed by atoms with Gasteiger partial charge < -0.3 is 4.57 Å². The van der Waals surface area contributed by atoms with Crippen molar-refractivity contribution in [2.45, 2.75) is 18.8 Å². The van der Waals surface area contributed by atoms with Gasteiger partial charge in [-0.15, -0.1) is 0 Å². The first-order valence-corrected chi connectivity index (χ1v) is 17.2. The van der Waals surface area contributed by atoms with Gasteiger partial charge in [-0.2, -0.15) is 0 Å². The topological polar surface area (TPSA) is 39.1 Å². The number of hydrogen-bond acceptors (Lipinski definition) is 2. The van der Waals surface area contributed by atoms with Crippen molar-refractivity contribution in [3.63, 3.8) is 0 Å². The highest BCUT2D eigenvalue weighted by Gasteiger charge is 2.28. The standard InChI is InChI=1S/C47H33NO2/c49-46(32-15-7-2-8-16-32)34-21-23-39-37(26-34)27-36(25-31-13-5-1-6-14-31)41-29-43-40-24-22-35(47(50)33-17-9-3-10-18-33)28-44(40)48(45(43)30-42(39)41)38-19-11-4-12-20-38/h1-24,26,28-30,36H,25,27H2. The van der Waals surface area contributed by atoms with E-state index in [-0.39, 0.29) is 17.5 Å². The van der Waals surface area contributed by atoms with E-state index in [9.17, 15) is 9.59 Å². The highest BCUT2D eigenvalue weighted by Crippen LogP contribution is 2.46. The molecule has 0 amide bonds. The fourth-order valence-electron chi connectivity index (χ4n) is 7.78. The Hall–Kier alpha value is -6.32. The predicted octanol–water partition coefficient (Wildman–Crippen LogP) is 10.8. The Morgan fingerprint density at radius 2 is 1.06 bits per heavy atom. The van der Waals surface area contributed by atoms with Gasteiger partial charge in [0.2, 0.25) is 0 Å². The van der Waals surface area contributed by atoms with Gasteiger partial charge in [-0.25, -0.2) is 0 Å². The van der Waals surface area contributed by atoms with E-state index in [1.807, 2.05) is 84.9 Å². The molecular formula is C47H33NO2. The summed E-state index contributed by atoms with van der Waals surface area (Å²) in [5.41, 5.74) is 12.0. The van der Waals surface area contributed by atoms with E-state index in [0.717, 1.165) is 34.9 Å². The monoisotopic (exact) mass is 643 g/mol. The number of hydrogen-bond donors (Lipinski definition) is 0. The fraction of sp³-hybridized carbons (Fsp3) is 0.0638. The minimum Gasteiger partial charge on any atom is -0.309 e. The first-order valence-electron chi connectivity index (χ1n) is 17.2. The summed E-state index contributed by atoms with van der Waals surface area (Å²) in [5.74, 6) is 0.272. The van der Waals surface area contributed by atoms with Gasteiger partial charge in [0.05, 0.1) is 11.0 Å². The van der Waals surface area contributed by atoms with E-state index in [2.05, 4.69) is 89.5 Å². The molecule has 1 atom stereocenters. The molecule has 0 bridgehead atoms. The molecule has 1 heterocycles. The second kappa shape index (κ2) is 12.3. The van der Waals surface area contributed by atoms with E-state index in [1.54, 1.807) is 0 Å². The van der Waals surface area contributed by atoms with E-state index in [0.29, 0.717) is 22.3 Å². The van der Waals surface area contributed by atoms with Gasteiger partial charge in [0, 0.05) is 38.7 Å². The van der Waals surface area contributed by atoms with Crippen LogP contribution < -0.4 is 0 Å². The quantitative estimate of drug-likeness (QED) is 0.162. The summed E-state index contributed by atoms with van der Waals surface area (Å²) in [6, 6.07) is 57.2. The smallest absolute Gasteiger partial charge is 0.193 e. The molecule has 7 aromatic carbocycles. The number of aromatic nitrogens is 1. The normalized spacial score (nSPS) is 13.6. The number of rotatable bonds is 7. The van der Waals surface area contributed by atoms with Crippen molar-refractivity contribution in [3.8, 4) is 16.8 Å². The Balaban J connectivity index is 1.27. The van der Waals surface area contributed by atoms with Crippen LogP contribution in [0.2, 0.25) is 0 Å². The van der Waals surface area contributed by atoms with Gasteiger partial charge in [-0.1, -0.05) is 133 Å². The molecule has 1 aromatic heterocycles. The van der Waals surface area contributed by atoms with Gasteiger partial charge in [0.15, 0.2) is 11.6 Å². The number of fused-ring (bicyclic) bond motifs is 6. The second-order valence-electron chi connectivity index (χ2n) is 13.2. The molecule has 0 saturated heterocycles. The molecule has 50 heavy (non-hydrogen) atoms. The maximum atomic E-state index is 13.6. The molecule has 9 rings (SSSR count). The van der Waals surface area contributed by atoms with Crippen molar-refractivity contribution in [3.05, 3.63) is 209 Å². The van der Waals surface area contributed by atoms with E-state index in [4.69, 9.17) is 0 Å². The van der Waals surface area contributed by atoms with Crippen LogP contribution in [-0.4, -0.2) is 16.1 Å². The summed E-state index contributed by atoms with van der Waals surface area (Å²) in [6.07, 6.45) is 1.73. The molecule has 0 saturated carbocycles. The van der Waals surface area contributed by atoms with Crippen molar-refractivity contribution in [2.24, 2.45) is 0 Å². The van der Waals surface area contributed by atoms with Crippen LogP contribution in [0, 0.1) is 0 Å². The number of benzene rings is 7. The lowest BCUT2D eigenvalue weighted by Crippen LogP contribution is -2.15. The van der Waals surface area contributed by atoms with Crippen LogP contribution in [0.25, 0.3) is 38.6 Å². The van der Waals surface area contributed by atoms with E-state index < -0.39 is 0 Å². The Bertz CT molecular complexity index is 2550. The lowest BCUT2D eigenvalue weighted by molar-refractivity contribution is 0.103. The first-order chi connectivity index (χ1) is 24.6. The molecule has 0 radical (unpaired) electrons. The molecular weight excluding hydrogens is 611 g/mol. The minimum atomic E-state index is 0.00867. The molecule has 0 spiro atoms. The summed E-state index contributed by atoms with van der Waals surface area (Å²) >= 11 is 0. The van der Waals surface area contributed by atoms with Gasteiger partial charge >= 0.3 is 0 Å². The number of para-hydroxylation sites is 1. The Labute approximate surface area is 291 Å². The summed E-state index contributed by atoms with van der Waals surface area (Å²) in [4.78, 5) is 27.2. The molecule has 1 aliphatic carbocycles. The molecule has 0 aliphatic heterocycles. The van der Waals surface area contributed by atoms with Crippen molar-refractivity contribution < 1.29 is 9.59 Å². The minimum absolute atomic E-state index is 0.00867. The zero-order valence-electron chi connectivity index (χ0n) is 27.4. The highest BCUT2D eigenvalue weighted by molar-refractivity contribution is 6.15. The number of nitrogens with zero attached hydrogens (tertiary/aromatic N) is 1. The molecule has 1 aliphatic rings. The largest absolute Gasteiger partial charge is 0.309 e. The average molecular weight is 644 g/mol. The third-order valence-corrected chi connectivity index (χ3v) is 10.2. The van der Waals surface area contributed by atoms with Crippen LogP contribution in [0.15, 0.2) is 170 Å². The van der Waals surface area contributed by atoms with Crippen molar-refractivity contribution in [1.82, 2.24) is 4.57 Å². The molecule has 238 valence electrons. The van der Waals surface area contributed by atoms with Crippen LogP contribution in [-0.2, 0) is 12.8 Å². The Kier molecular flexibility index (Phi) is 7.32. The molecule has 1 unspecified atom stereocenters. The van der Waals surface area contributed by atoms with Crippen molar-refractivity contribution in [1.29, 1.82) is 0 Å². The van der Waals surface area contributed by atoms with Crippen LogP contribution >= 0.6 is 0 Å². The fourth-order valence-corrected chi connectivity index (χ4v) is 7.78. The van der Waals surface area contributed by atoms with Crippen LogP contribution in [0.1, 0.15) is 54.5 Å². The maximum absolute atomic E-state index is 13.6. The van der Waals surface area contributed by atoms with Crippen LogP contribution in [0.3, 0.4) is 0 Å². The van der Waals surface area contributed by atoms with E-state index in [1.165, 1.54) is 33.2 Å². The second-order valence-corrected chi connectivity index (χ2v) is 13.2. The summed E-state index contributed by atoms with van der Waals surface area (Å²) in [5, 5.41) is 2.28. The first kappa shape index (κ1) is 29.8. The van der Waals surface area contributed by atoms with Crippen molar-refractivity contribution in [2.75, 3.05) is 0 Å². The molecule has 0 fully saturated rings. The van der Waals surface area contributed by atoms with Crippen LogP contribution in [0.4, 0.5) is 0 Å². The Morgan fingerprint density at radius 1 is 0.500 bits per heavy atom. The maximum Gasteiger partial charge on any atom is 0.193 e. The lowest BCUT2D eigenvalue weighted by atomic mass is 9.75. The van der Waals surface area contributed by atoms with Crippen molar-refractivity contribution >= 4 is 33.4 Å². The SMILES string of the molecule is O=C(c1ccccc1)c1ccc2c(c1)CC(Cc1ccccc1)c1cc3c4ccc(C(=O)c5ccccc5)cc4n(-c4ccccc4)c3cc1-2. The zero-order chi connectivity index (χ0) is 33.6.